The SMILES string of the molecule is Cc1ccc(N=C2NC(=O)/C(=C/c3ccc(OCc4ccc(F)cc4)c(Br)c3)S2)cc1Cl. The molecule has 0 unspecified atom stereocenters. The number of nitrogens with one attached hydrogen (secondary N) is 1. The van der Waals surface area contributed by atoms with Crippen LogP contribution in [0.5, 0.6) is 5.75 Å². The van der Waals surface area contributed by atoms with Crippen molar-refractivity contribution in [3.63, 3.8) is 0 Å². The molecule has 0 saturated carbocycles. The predicted octanol–water partition coefficient (Wildman–Crippen LogP) is 7.02. The number of thioether (sulfide) groups is 1. The summed E-state index contributed by atoms with van der Waals surface area (Å²) in [6.45, 7) is 2.24. The lowest BCUT2D eigenvalue weighted by Gasteiger charge is -2.09. The minimum atomic E-state index is -0.281. The summed E-state index contributed by atoms with van der Waals surface area (Å²) in [6.07, 6.45) is 1.79. The Hall–Kier alpha value is -2.61. The molecule has 32 heavy (non-hydrogen) atoms. The van der Waals surface area contributed by atoms with Crippen molar-refractivity contribution in [3.8, 4) is 5.75 Å². The van der Waals surface area contributed by atoms with E-state index >= 15 is 0 Å². The first-order chi connectivity index (χ1) is 15.4. The first-order valence-electron chi connectivity index (χ1n) is 9.60. The normalized spacial score (nSPS) is 15.9. The van der Waals surface area contributed by atoms with Crippen LogP contribution >= 0.6 is 39.3 Å². The number of carbonyl (C=O) groups excluding carboxylic acids is 1. The zero-order valence-corrected chi connectivity index (χ0v) is 20.0. The minimum Gasteiger partial charge on any atom is -0.488 e. The van der Waals surface area contributed by atoms with Crippen LogP contribution < -0.4 is 10.1 Å². The van der Waals surface area contributed by atoms with E-state index in [0.717, 1.165) is 21.2 Å². The van der Waals surface area contributed by atoms with E-state index in [1.54, 1.807) is 24.3 Å². The number of hydrogen-bond acceptors (Lipinski definition) is 4. The predicted molar refractivity (Wildman–Crippen MR) is 132 cm³/mol. The van der Waals surface area contributed by atoms with Gasteiger partial charge in [0.25, 0.3) is 5.91 Å². The van der Waals surface area contributed by atoms with Gasteiger partial charge in [0.1, 0.15) is 18.2 Å². The minimum absolute atomic E-state index is 0.209. The summed E-state index contributed by atoms with van der Waals surface area (Å²) in [6, 6.07) is 17.2. The molecule has 0 bridgehead atoms. The molecule has 1 amide bonds. The summed E-state index contributed by atoms with van der Waals surface area (Å²) in [4.78, 5) is 17.4. The van der Waals surface area contributed by atoms with Gasteiger partial charge in [-0.3, -0.25) is 4.79 Å². The van der Waals surface area contributed by atoms with E-state index in [-0.39, 0.29) is 11.7 Å². The molecule has 3 aromatic rings. The number of rotatable bonds is 5. The molecule has 0 spiro atoms. The summed E-state index contributed by atoms with van der Waals surface area (Å²) in [7, 11) is 0. The van der Waals surface area contributed by atoms with Crippen LogP contribution in [0, 0.1) is 12.7 Å². The van der Waals surface area contributed by atoms with Crippen LogP contribution in [-0.4, -0.2) is 11.1 Å². The number of hydrogen-bond donors (Lipinski definition) is 1. The summed E-state index contributed by atoms with van der Waals surface area (Å²) < 4.78 is 19.6. The number of aliphatic imine (C=N–C) groups is 1. The van der Waals surface area contributed by atoms with Gasteiger partial charge in [-0.05, 0) is 93.8 Å². The molecule has 1 N–H and O–H groups in total. The van der Waals surface area contributed by atoms with Gasteiger partial charge in [0.2, 0.25) is 0 Å². The molecule has 1 aliphatic heterocycles. The first-order valence-corrected chi connectivity index (χ1v) is 11.6. The molecule has 8 heteroatoms. The van der Waals surface area contributed by atoms with Crippen molar-refractivity contribution in [2.45, 2.75) is 13.5 Å². The highest BCUT2D eigenvalue weighted by molar-refractivity contribution is 9.10. The Labute approximate surface area is 202 Å². The second kappa shape index (κ2) is 9.90. The molecule has 4 nitrogen and oxygen atoms in total. The van der Waals surface area contributed by atoms with Crippen molar-refractivity contribution in [2.24, 2.45) is 4.99 Å². The fourth-order valence-electron chi connectivity index (χ4n) is 2.87. The Bertz CT molecular complexity index is 1250. The molecular weight excluding hydrogens is 515 g/mol. The summed E-state index contributed by atoms with van der Waals surface area (Å²) >= 11 is 10.9. The Morgan fingerprint density at radius 2 is 1.94 bits per heavy atom. The van der Waals surface area contributed by atoms with Crippen molar-refractivity contribution in [2.75, 3.05) is 0 Å². The van der Waals surface area contributed by atoms with E-state index in [4.69, 9.17) is 16.3 Å². The summed E-state index contributed by atoms with van der Waals surface area (Å²) in [5.41, 5.74) is 3.35. The van der Waals surface area contributed by atoms with Crippen molar-refractivity contribution < 1.29 is 13.9 Å². The van der Waals surface area contributed by atoms with E-state index in [9.17, 15) is 9.18 Å². The van der Waals surface area contributed by atoms with Gasteiger partial charge in [-0.25, -0.2) is 9.38 Å². The maximum atomic E-state index is 13.0. The third-order valence-corrected chi connectivity index (χ3v) is 6.54. The van der Waals surface area contributed by atoms with Crippen LogP contribution in [0.15, 0.2) is 75.0 Å². The Morgan fingerprint density at radius 3 is 2.66 bits per heavy atom. The number of carbonyl (C=O) groups is 1. The second-order valence-corrected chi connectivity index (χ2v) is 9.31. The van der Waals surface area contributed by atoms with Gasteiger partial charge >= 0.3 is 0 Å². The van der Waals surface area contributed by atoms with E-state index in [1.807, 2.05) is 37.3 Å². The van der Waals surface area contributed by atoms with Crippen molar-refractivity contribution in [1.82, 2.24) is 5.32 Å². The van der Waals surface area contributed by atoms with Gasteiger partial charge in [0.15, 0.2) is 5.17 Å². The summed E-state index contributed by atoms with van der Waals surface area (Å²) in [5.74, 6) is 0.162. The Balaban J connectivity index is 1.45. The van der Waals surface area contributed by atoms with Crippen molar-refractivity contribution >= 4 is 62.1 Å². The lowest BCUT2D eigenvalue weighted by atomic mass is 10.2. The fourth-order valence-corrected chi connectivity index (χ4v) is 4.39. The molecule has 162 valence electrons. The quantitative estimate of drug-likeness (QED) is 0.360. The van der Waals surface area contributed by atoms with E-state index in [1.165, 1.54) is 23.9 Å². The van der Waals surface area contributed by atoms with Crippen LogP contribution in [0.1, 0.15) is 16.7 Å². The number of nitrogens with zero attached hydrogens (tertiary/aromatic N) is 1. The molecule has 1 aliphatic rings. The average molecular weight is 532 g/mol. The van der Waals surface area contributed by atoms with E-state index < -0.39 is 0 Å². The molecule has 0 atom stereocenters. The van der Waals surface area contributed by atoms with Gasteiger partial charge in [-0.2, -0.15) is 0 Å². The zero-order chi connectivity index (χ0) is 22.7. The van der Waals surface area contributed by atoms with Gasteiger partial charge in [-0.1, -0.05) is 35.9 Å². The molecular formula is C24H17BrClFN2O2S. The van der Waals surface area contributed by atoms with Gasteiger partial charge in [-0.15, -0.1) is 0 Å². The maximum absolute atomic E-state index is 13.0. The fraction of sp³-hybridized carbons (Fsp3) is 0.0833. The highest BCUT2D eigenvalue weighted by Gasteiger charge is 2.24. The molecule has 1 fully saturated rings. The number of amidine groups is 1. The number of ether oxygens (including phenoxy) is 1. The largest absolute Gasteiger partial charge is 0.488 e. The number of benzene rings is 3. The Morgan fingerprint density at radius 1 is 1.16 bits per heavy atom. The maximum Gasteiger partial charge on any atom is 0.264 e. The standard InChI is InChI=1S/C24H17BrClFN2O2S/c1-14-2-8-18(12-20(14)26)28-24-29-23(30)22(32-24)11-16-5-9-21(19(25)10-16)31-13-15-3-6-17(27)7-4-15/h2-12H,13H2,1H3,(H,28,29,30)/b22-11-. The number of aryl methyl sites for hydroxylation is 1. The molecule has 0 aliphatic carbocycles. The van der Waals surface area contributed by atoms with Crippen LogP contribution in [0.4, 0.5) is 10.1 Å². The molecule has 4 rings (SSSR count). The lowest BCUT2D eigenvalue weighted by molar-refractivity contribution is -0.115. The van der Waals surface area contributed by atoms with Crippen molar-refractivity contribution in [3.05, 3.63) is 97.6 Å². The van der Waals surface area contributed by atoms with E-state index in [2.05, 4.69) is 26.2 Å². The molecule has 3 aromatic carbocycles. The van der Waals surface area contributed by atoms with Gasteiger partial charge < -0.3 is 10.1 Å². The smallest absolute Gasteiger partial charge is 0.264 e. The van der Waals surface area contributed by atoms with Crippen LogP contribution in [0.2, 0.25) is 5.02 Å². The third-order valence-electron chi connectivity index (χ3n) is 4.60. The van der Waals surface area contributed by atoms with Gasteiger partial charge in [0, 0.05) is 5.02 Å². The van der Waals surface area contributed by atoms with Gasteiger partial charge in [0.05, 0.1) is 15.1 Å². The molecule has 1 heterocycles. The molecule has 0 radical (unpaired) electrons. The second-order valence-electron chi connectivity index (χ2n) is 7.02. The van der Waals surface area contributed by atoms with E-state index in [0.29, 0.717) is 33.1 Å². The first kappa shape index (κ1) is 22.6. The molecule has 0 aromatic heterocycles. The topological polar surface area (TPSA) is 50.7 Å². The summed E-state index contributed by atoms with van der Waals surface area (Å²) in [5, 5.41) is 3.90. The number of amides is 1. The highest BCUT2D eigenvalue weighted by Crippen LogP contribution is 2.32. The van der Waals surface area contributed by atoms with Crippen molar-refractivity contribution in [1.29, 1.82) is 0 Å². The lowest BCUT2D eigenvalue weighted by Crippen LogP contribution is -2.19. The zero-order valence-electron chi connectivity index (χ0n) is 16.9. The highest BCUT2D eigenvalue weighted by atomic mass is 79.9. The number of halogens is 3. The van der Waals surface area contributed by atoms with Crippen LogP contribution in [0.25, 0.3) is 6.08 Å². The van der Waals surface area contributed by atoms with Crippen LogP contribution in [0.3, 0.4) is 0 Å². The molecule has 1 saturated heterocycles. The third kappa shape index (κ3) is 5.59. The Kier molecular flexibility index (Phi) is 6.98. The monoisotopic (exact) mass is 530 g/mol. The average Bonchev–Trinajstić information content (AvgIpc) is 3.10. The van der Waals surface area contributed by atoms with Crippen LogP contribution in [-0.2, 0) is 11.4 Å².